The third-order valence-corrected chi connectivity index (χ3v) is 4.26. The molecule has 0 fully saturated rings. The van der Waals surface area contributed by atoms with E-state index in [1.165, 1.54) is 6.08 Å². The van der Waals surface area contributed by atoms with Crippen LogP contribution in [0.4, 0.5) is 5.69 Å². The number of benzene rings is 2. The summed E-state index contributed by atoms with van der Waals surface area (Å²) in [7, 11) is 0. The zero-order valence-corrected chi connectivity index (χ0v) is 17.0. The third-order valence-electron chi connectivity index (χ3n) is 3.82. The van der Waals surface area contributed by atoms with Gasteiger partial charge in [0.2, 0.25) is 0 Å². The Morgan fingerprint density at radius 1 is 1.07 bits per heavy atom. The van der Waals surface area contributed by atoms with Crippen LogP contribution in [0.15, 0.2) is 65.1 Å². The first-order valence-corrected chi connectivity index (χ1v) is 9.53. The highest BCUT2D eigenvalue weighted by Crippen LogP contribution is 2.29. The van der Waals surface area contributed by atoms with Crippen molar-refractivity contribution in [1.29, 1.82) is 0 Å². The summed E-state index contributed by atoms with van der Waals surface area (Å²) in [5.74, 6) is -0.212. The molecule has 0 spiro atoms. The van der Waals surface area contributed by atoms with Gasteiger partial charge >= 0.3 is 5.97 Å². The number of carbonyl (C=O) groups is 2. The molecule has 0 aliphatic rings. The fourth-order valence-electron chi connectivity index (χ4n) is 2.58. The first-order chi connectivity index (χ1) is 13.9. The number of ether oxygens (including phenoxy) is 1. The lowest BCUT2D eigenvalue weighted by molar-refractivity contribution is -0.137. The molecule has 1 N–H and O–H groups in total. The summed E-state index contributed by atoms with van der Waals surface area (Å²) in [5, 5.41) is 3.71. The van der Waals surface area contributed by atoms with Crippen molar-refractivity contribution in [1.82, 2.24) is 0 Å². The van der Waals surface area contributed by atoms with Crippen molar-refractivity contribution in [2.24, 2.45) is 0 Å². The van der Waals surface area contributed by atoms with Crippen LogP contribution in [0.2, 0.25) is 10.0 Å². The van der Waals surface area contributed by atoms with Gasteiger partial charge in [-0.25, -0.2) is 4.79 Å². The standard InChI is InChI=1S/C22H17Cl2NO4/c1-2-28-21(26)9-6-14-4-3-5-18(10-14)25-22(27)20-8-7-19(29-20)15-11-16(23)13-17(24)12-15/h3-13H,2H2,1H3,(H,25,27). The van der Waals surface area contributed by atoms with Crippen LogP contribution in [0.3, 0.4) is 0 Å². The maximum absolute atomic E-state index is 12.5. The fourth-order valence-corrected chi connectivity index (χ4v) is 3.10. The summed E-state index contributed by atoms with van der Waals surface area (Å²) in [6.45, 7) is 2.05. The lowest BCUT2D eigenvalue weighted by atomic mass is 10.2. The number of carbonyl (C=O) groups excluding carboxylic acids is 2. The maximum atomic E-state index is 12.5. The molecule has 0 saturated heterocycles. The Morgan fingerprint density at radius 2 is 1.83 bits per heavy atom. The Kier molecular flexibility index (Phi) is 6.75. The number of halogens is 2. The molecule has 0 aliphatic heterocycles. The molecule has 1 amide bonds. The Bertz CT molecular complexity index is 1050. The van der Waals surface area contributed by atoms with Gasteiger partial charge in [-0.3, -0.25) is 4.79 Å². The van der Waals surface area contributed by atoms with Crippen LogP contribution < -0.4 is 5.32 Å². The van der Waals surface area contributed by atoms with E-state index in [1.807, 2.05) is 0 Å². The second kappa shape index (κ2) is 9.45. The quantitative estimate of drug-likeness (QED) is 0.380. The summed E-state index contributed by atoms with van der Waals surface area (Å²) in [4.78, 5) is 23.9. The molecular formula is C22H17Cl2NO4. The molecule has 2 aromatic carbocycles. The lowest BCUT2D eigenvalue weighted by Gasteiger charge is -2.05. The van der Waals surface area contributed by atoms with Gasteiger partial charge in [0.15, 0.2) is 5.76 Å². The minimum Gasteiger partial charge on any atom is -0.463 e. The number of amides is 1. The van der Waals surface area contributed by atoms with Gasteiger partial charge in [-0.2, -0.15) is 0 Å². The van der Waals surface area contributed by atoms with Gasteiger partial charge in [-0.15, -0.1) is 0 Å². The van der Waals surface area contributed by atoms with E-state index in [1.54, 1.807) is 67.6 Å². The van der Waals surface area contributed by atoms with E-state index < -0.39 is 11.9 Å². The molecule has 1 heterocycles. The van der Waals surface area contributed by atoms with Gasteiger partial charge < -0.3 is 14.5 Å². The topological polar surface area (TPSA) is 68.5 Å². The van der Waals surface area contributed by atoms with Crippen LogP contribution >= 0.6 is 23.2 Å². The predicted octanol–water partition coefficient (Wildman–Crippen LogP) is 6.08. The fraction of sp³-hybridized carbons (Fsp3) is 0.0909. The van der Waals surface area contributed by atoms with E-state index in [-0.39, 0.29) is 5.76 Å². The van der Waals surface area contributed by atoms with Crippen molar-refractivity contribution in [3.8, 4) is 11.3 Å². The summed E-state index contributed by atoms with van der Waals surface area (Å²) in [5.41, 5.74) is 1.97. The number of furan rings is 1. The molecule has 0 saturated carbocycles. The number of esters is 1. The van der Waals surface area contributed by atoms with Crippen molar-refractivity contribution >= 4 is 46.8 Å². The molecule has 3 aromatic rings. The third kappa shape index (κ3) is 5.73. The molecule has 0 aliphatic carbocycles. The van der Waals surface area contributed by atoms with Gasteiger partial charge in [-0.05, 0) is 61.0 Å². The van der Waals surface area contributed by atoms with E-state index in [4.69, 9.17) is 32.4 Å². The monoisotopic (exact) mass is 429 g/mol. The van der Waals surface area contributed by atoms with Crippen LogP contribution in [0.25, 0.3) is 17.4 Å². The normalized spacial score (nSPS) is 10.9. The average molecular weight is 430 g/mol. The summed E-state index contributed by atoms with van der Waals surface area (Å²) in [6, 6.07) is 15.3. The van der Waals surface area contributed by atoms with Gasteiger partial charge in [0.25, 0.3) is 5.91 Å². The van der Waals surface area contributed by atoms with Gasteiger partial charge in [0, 0.05) is 27.4 Å². The highest BCUT2D eigenvalue weighted by Gasteiger charge is 2.13. The van der Waals surface area contributed by atoms with Crippen LogP contribution in [0, 0.1) is 0 Å². The lowest BCUT2D eigenvalue weighted by Crippen LogP contribution is -2.10. The van der Waals surface area contributed by atoms with Gasteiger partial charge in [-0.1, -0.05) is 35.3 Å². The first-order valence-electron chi connectivity index (χ1n) is 8.77. The molecule has 1 aromatic heterocycles. The van der Waals surface area contributed by atoms with Gasteiger partial charge in [0.1, 0.15) is 5.76 Å². The molecule has 148 valence electrons. The zero-order valence-electron chi connectivity index (χ0n) is 15.4. The maximum Gasteiger partial charge on any atom is 0.330 e. The minimum atomic E-state index is -0.425. The molecule has 0 bridgehead atoms. The van der Waals surface area contributed by atoms with Crippen LogP contribution in [-0.4, -0.2) is 18.5 Å². The minimum absolute atomic E-state index is 0.142. The smallest absolute Gasteiger partial charge is 0.330 e. The van der Waals surface area contributed by atoms with E-state index in [0.717, 1.165) is 5.56 Å². The molecule has 7 heteroatoms. The molecule has 0 atom stereocenters. The number of rotatable bonds is 6. The summed E-state index contributed by atoms with van der Waals surface area (Å²) in [6.07, 6.45) is 2.95. The van der Waals surface area contributed by atoms with Crippen LogP contribution in [-0.2, 0) is 9.53 Å². The van der Waals surface area contributed by atoms with E-state index in [9.17, 15) is 9.59 Å². The highest BCUT2D eigenvalue weighted by atomic mass is 35.5. The summed E-state index contributed by atoms with van der Waals surface area (Å²) >= 11 is 12.0. The van der Waals surface area contributed by atoms with E-state index in [2.05, 4.69) is 5.32 Å². The Morgan fingerprint density at radius 3 is 2.55 bits per heavy atom. The van der Waals surface area contributed by atoms with E-state index in [0.29, 0.717) is 33.7 Å². The second-order valence-corrected chi connectivity index (χ2v) is 6.86. The Labute approximate surface area is 177 Å². The molecular weight excluding hydrogens is 413 g/mol. The van der Waals surface area contributed by atoms with E-state index >= 15 is 0 Å². The molecule has 29 heavy (non-hydrogen) atoms. The van der Waals surface area contributed by atoms with Crippen molar-refractivity contribution in [2.75, 3.05) is 11.9 Å². The zero-order chi connectivity index (χ0) is 20.8. The molecule has 3 rings (SSSR count). The summed E-state index contributed by atoms with van der Waals surface area (Å²) < 4.78 is 10.5. The number of anilines is 1. The molecule has 5 nitrogen and oxygen atoms in total. The number of hydrogen-bond acceptors (Lipinski definition) is 4. The van der Waals surface area contributed by atoms with Crippen LogP contribution in [0.5, 0.6) is 0 Å². The van der Waals surface area contributed by atoms with Crippen molar-refractivity contribution in [3.05, 3.63) is 82.0 Å². The Hall–Kier alpha value is -3.02. The predicted molar refractivity (Wildman–Crippen MR) is 114 cm³/mol. The largest absolute Gasteiger partial charge is 0.463 e. The van der Waals surface area contributed by atoms with Crippen molar-refractivity contribution in [3.63, 3.8) is 0 Å². The molecule has 0 unspecified atom stereocenters. The van der Waals surface area contributed by atoms with Crippen molar-refractivity contribution < 1.29 is 18.7 Å². The average Bonchev–Trinajstić information content (AvgIpc) is 3.17. The number of nitrogens with one attached hydrogen (secondary N) is 1. The first kappa shape index (κ1) is 20.7. The Balaban J connectivity index is 1.72. The van der Waals surface area contributed by atoms with Crippen molar-refractivity contribution in [2.45, 2.75) is 6.92 Å². The highest BCUT2D eigenvalue weighted by molar-refractivity contribution is 6.35. The molecule has 0 radical (unpaired) electrons. The van der Waals surface area contributed by atoms with Crippen LogP contribution in [0.1, 0.15) is 23.0 Å². The second-order valence-electron chi connectivity index (χ2n) is 5.99. The number of hydrogen-bond donors (Lipinski definition) is 1. The van der Waals surface area contributed by atoms with Gasteiger partial charge in [0.05, 0.1) is 6.61 Å². The SMILES string of the molecule is CCOC(=O)C=Cc1cccc(NC(=O)c2ccc(-c3cc(Cl)cc(Cl)c3)o2)c1.